The van der Waals surface area contributed by atoms with Crippen molar-refractivity contribution in [1.82, 2.24) is 0 Å². The van der Waals surface area contributed by atoms with Gasteiger partial charge in [-0.2, -0.15) is 8.78 Å². The van der Waals surface area contributed by atoms with Crippen molar-refractivity contribution in [2.45, 2.75) is 12.7 Å². The molecule has 5 heteroatoms. The Morgan fingerprint density at radius 2 is 1.40 bits per heavy atom. The number of ether oxygens (including phenoxy) is 2. The van der Waals surface area contributed by atoms with Crippen molar-refractivity contribution >= 4 is 0 Å². The second-order valence-corrected chi connectivity index (χ2v) is 4.14. The number of halogens is 2. The zero-order chi connectivity index (χ0) is 14.5. The fourth-order valence-electron chi connectivity index (χ4n) is 2.03. The van der Waals surface area contributed by atoms with E-state index in [0.717, 1.165) is 0 Å². The number of alkyl halides is 2. The first-order chi connectivity index (χ1) is 9.63. The number of rotatable bonds is 5. The lowest BCUT2D eigenvalue weighted by atomic mass is 9.98. The van der Waals surface area contributed by atoms with Gasteiger partial charge in [-0.3, -0.25) is 0 Å². The fourth-order valence-corrected chi connectivity index (χ4v) is 2.03. The summed E-state index contributed by atoms with van der Waals surface area (Å²) in [5, 5.41) is 0. The van der Waals surface area contributed by atoms with Crippen LogP contribution in [-0.4, -0.2) is 13.7 Å². The number of para-hydroxylation sites is 2. The van der Waals surface area contributed by atoms with E-state index in [2.05, 4.69) is 4.74 Å². The van der Waals surface area contributed by atoms with Crippen molar-refractivity contribution in [2.75, 3.05) is 7.11 Å². The number of nitrogens with two attached hydrogens (primary N) is 1. The topological polar surface area (TPSA) is 44.5 Å². The average molecular weight is 279 g/mol. The maximum absolute atomic E-state index is 12.4. The number of hydrogen-bond acceptors (Lipinski definition) is 3. The van der Waals surface area contributed by atoms with E-state index in [1.54, 1.807) is 30.3 Å². The maximum Gasteiger partial charge on any atom is 0.387 e. The van der Waals surface area contributed by atoms with Gasteiger partial charge >= 0.3 is 6.61 Å². The van der Waals surface area contributed by atoms with Gasteiger partial charge < -0.3 is 15.2 Å². The van der Waals surface area contributed by atoms with Crippen molar-refractivity contribution < 1.29 is 18.3 Å². The Hall–Kier alpha value is -2.14. The highest BCUT2D eigenvalue weighted by atomic mass is 19.3. The molecule has 0 amide bonds. The van der Waals surface area contributed by atoms with Crippen LogP contribution >= 0.6 is 0 Å². The zero-order valence-electron chi connectivity index (χ0n) is 10.9. The highest BCUT2D eigenvalue weighted by Gasteiger charge is 2.19. The average Bonchev–Trinajstić information content (AvgIpc) is 2.46. The second-order valence-electron chi connectivity index (χ2n) is 4.14. The van der Waals surface area contributed by atoms with Gasteiger partial charge in [-0.15, -0.1) is 0 Å². The first kappa shape index (κ1) is 14.3. The van der Waals surface area contributed by atoms with Crippen molar-refractivity contribution in [1.29, 1.82) is 0 Å². The van der Waals surface area contributed by atoms with E-state index in [4.69, 9.17) is 10.5 Å². The minimum Gasteiger partial charge on any atom is -0.496 e. The Morgan fingerprint density at radius 3 is 1.95 bits per heavy atom. The Bertz CT molecular complexity index is 575. The van der Waals surface area contributed by atoms with Gasteiger partial charge in [-0.1, -0.05) is 36.4 Å². The smallest absolute Gasteiger partial charge is 0.387 e. The summed E-state index contributed by atoms with van der Waals surface area (Å²) < 4.78 is 34.6. The van der Waals surface area contributed by atoms with Crippen LogP contribution in [0.3, 0.4) is 0 Å². The molecule has 1 unspecified atom stereocenters. The molecule has 0 aliphatic heterocycles. The van der Waals surface area contributed by atoms with E-state index in [0.29, 0.717) is 16.9 Å². The molecule has 2 aromatic carbocycles. The number of benzene rings is 2. The van der Waals surface area contributed by atoms with Gasteiger partial charge in [0.2, 0.25) is 0 Å². The van der Waals surface area contributed by atoms with E-state index in [1.165, 1.54) is 13.2 Å². The molecule has 0 bridgehead atoms. The second kappa shape index (κ2) is 6.34. The number of methoxy groups -OCH3 is 1. The third kappa shape index (κ3) is 3.05. The quantitative estimate of drug-likeness (QED) is 0.913. The Balaban J connectivity index is 2.40. The Labute approximate surface area is 115 Å². The molecule has 20 heavy (non-hydrogen) atoms. The van der Waals surface area contributed by atoms with Crippen LogP contribution in [-0.2, 0) is 0 Å². The summed E-state index contributed by atoms with van der Waals surface area (Å²) in [6.07, 6.45) is 0. The summed E-state index contributed by atoms with van der Waals surface area (Å²) in [6.45, 7) is -2.89. The fraction of sp³-hybridized carbons (Fsp3) is 0.200. The molecule has 0 aliphatic carbocycles. The lowest BCUT2D eigenvalue weighted by Crippen LogP contribution is -2.15. The predicted molar refractivity (Wildman–Crippen MR) is 72.1 cm³/mol. The standard InChI is InChI=1S/C15H15F2NO2/c1-19-12-8-4-2-6-10(12)14(18)11-7-3-5-9-13(11)20-15(16)17/h2-9,14-15H,18H2,1H3. The molecule has 0 spiro atoms. The molecular weight excluding hydrogens is 264 g/mol. The zero-order valence-corrected chi connectivity index (χ0v) is 10.9. The van der Waals surface area contributed by atoms with Crippen LogP contribution in [0.2, 0.25) is 0 Å². The molecule has 106 valence electrons. The van der Waals surface area contributed by atoms with Crippen LogP contribution in [0.4, 0.5) is 8.78 Å². The van der Waals surface area contributed by atoms with Gasteiger partial charge in [0.15, 0.2) is 0 Å². The predicted octanol–water partition coefficient (Wildman–Crippen LogP) is 3.34. The van der Waals surface area contributed by atoms with Crippen molar-refractivity contribution in [2.24, 2.45) is 5.73 Å². The molecule has 2 N–H and O–H groups in total. The van der Waals surface area contributed by atoms with Gasteiger partial charge in [0.25, 0.3) is 0 Å². The molecule has 0 saturated carbocycles. The molecule has 2 aromatic rings. The van der Waals surface area contributed by atoms with Gasteiger partial charge in [-0.05, 0) is 12.1 Å². The lowest BCUT2D eigenvalue weighted by molar-refractivity contribution is -0.0505. The molecule has 0 aliphatic rings. The van der Waals surface area contributed by atoms with E-state index in [9.17, 15) is 8.78 Å². The van der Waals surface area contributed by atoms with Crippen molar-refractivity contribution in [3.05, 3.63) is 59.7 Å². The Kier molecular flexibility index (Phi) is 4.53. The first-order valence-electron chi connectivity index (χ1n) is 6.05. The minimum atomic E-state index is -2.89. The van der Waals surface area contributed by atoms with Gasteiger partial charge in [0.1, 0.15) is 11.5 Å². The highest BCUT2D eigenvalue weighted by Crippen LogP contribution is 2.33. The summed E-state index contributed by atoms with van der Waals surface area (Å²) in [5.41, 5.74) is 7.36. The SMILES string of the molecule is COc1ccccc1C(N)c1ccccc1OC(F)F. The molecule has 0 saturated heterocycles. The van der Waals surface area contributed by atoms with E-state index in [-0.39, 0.29) is 5.75 Å². The molecule has 0 aromatic heterocycles. The van der Waals surface area contributed by atoms with Crippen LogP contribution in [0.5, 0.6) is 11.5 Å². The van der Waals surface area contributed by atoms with Crippen LogP contribution in [0.25, 0.3) is 0 Å². The lowest BCUT2D eigenvalue weighted by Gasteiger charge is -2.19. The maximum atomic E-state index is 12.4. The third-order valence-electron chi connectivity index (χ3n) is 2.94. The molecule has 3 nitrogen and oxygen atoms in total. The van der Waals surface area contributed by atoms with E-state index >= 15 is 0 Å². The molecule has 0 fully saturated rings. The van der Waals surface area contributed by atoms with Gasteiger partial charge in [-0.25, -0.2) is 0 Å². The molecule has 0 radical (unpaired) electrons. The molecule has 2 rings (SSSR count). The largest absolute Gasteiger partial charge is 0.496 e. The van der Waals surface area contributed by atoms with Crippen LogP contribution in [0, 0.1) is 0 Å². The summed E-state index contributed by atoms with van der Waals surface area (Å²) in [6, 6.07) is 13.1. The van der Waals surface area contributed by atoms with Crippen LogP contribution in [0.1, 0.15) is 17.2 Å². The third-order valence-corrected chi connectivity index (χ3v) is 2.94. The van der Waals surface area contributed by atoms with Crippen molar-refractivity contribution in [3.63, 3.8) is 0 Å². The molecule has 1 atom stereocenters. The normalized spacial score (nSPS) is 12.2. The highest BCUT2D eigenvalue weighted by molar-refractivity contribution is 5.46. The summed E-state index contributed by atoms with van der Waals surface area (Å²) in [4.78, 5) is 0. The van der Waals surface area contributed by atoms with Crippen LogP contribution in [0.15, 0.2) is 48.5 Å². The monoisotopic (exact) mass is 279 g/mol. The van der Waals surface area contributed by atoms with Crippen LogP contribution < -0.4 is 15.2 Å². The summed E-state index contributed by atoms with van der Waals surface area (Å²) in [7, 11) is 1.53. The Morgan fingerprint density at radius 1 is 0.900 bits per heavy atom. The molecule has 0 heterocycles. The molecular formula is C15H15F2NO2. The van der Waals surface area contributed by atoms with Gasteiger partial charge in [0.05, 0.1) is 13.2 Å². The summed E-state index contributed by atoms with van der Waals surface area (Å²) in [5.74, 6) is 0.674. The summed E-state index contributed by atoms with van der Waals surface area (Å²) >= 11 is 0. The van der Waals surface area contributed by atoms with E-state index in [1.807, 2.05) is 12.1 Å². The van der Waals surface area contributed by atoms with E-state index < -0.39 is 12.7 Å². The number of hydrogen-bond donors (Lipinski definition) is 1. The first-order valence-corrected chi connectivity index (χ1v) is 6.05. The van der Waals surface area contributed by atoms with Gasteiger partial charge in [0, 0.05) is 11.1 Å². The minimum absolute atomic E-state index is 0.0703. The van der Waals surface area contributed by atoms with Crippen molar-refractivity contribution in [3.8, 4) is 11.5 Å².